The van der Waals surface area contributed by atoms with Crippen molar-refractivity contribution >= 4 is 53.1 Å². The van der Waals surface area contributed by atoms with Crippen LogP contribution in [0.2, 0.25) is 0 Å². The van der Waals surface area contributed by atoms with Gasteiger partial charge in [-0.15, -0.1) is 11.6 Å². The molecule has 5 rings (SSSR count). The van der Waals surface area contributed by atoms with Gasteiger partial charge in [0.2, 0.25) is 0 Å². The van der Waals surface area contributed by atoms with Crippen LogP contribution in [-0.2, 0) is 23.4 Å². The molecule has 3 heterocycles. The molecule has 16 heteroatoms. The number of alkyl halides is 2. The fraction of sp³-hybridized carbons (Fsp3) is 0.467. The third kappa shape index (κ3) is 6.69. The molecule has 0 spiro atoms. The zero-order valence-corrected chi connectivity index (χ0v) is 27.9. The highest BCUT2D eigenvalue weighted by atomic mass is 35.5. The molecule has 0 unspecified atom stereocenters. The highest BCUT2D eigenvalue weighted by Gasteiger charge is 2.57. The molecule has 0 saturated carbocycles. The van der Waals surface area contributed by atoms with Crippen molar-refractivity contribution in [3.05, 3.63) is 54.6 Å². The van der Waals surface area contributed by atoms with E-state index in [1.54, 1.807) is 64.0 Å². The predicted octanol–water partition coefficient (Wildman–Crippen LogP) is 4.69. The molecule has 248 valence electrons. The van der Waals surface area contributed by atoms with Crippen LogP contribution >= 0.6 is 19.3 Å². The quantitative estimate of drug-likeness (QED) is 0.122. The van der Waals surface area contributed by atoms with Crippen LogP contribution in [0.25, 0.3) is 21.9 Å². The molecule has 46 heavy (non-hydrogen) atoms. The Morgan fingerprint density at radius 2 is 1.93 bits per heavy atom. The number of nitrogens with zero attached hydrogens (tertiary/aromatic N) is 5. The van der Waals surface area contributed by atoms with E-state index in [0.717, 1.165) is 5.39 Å². The summed E-state index contributed by atoms with van der Waals surface area (Å²) in [5, 5.41) is 15.2. The van der Waals surface area contributed by atoms with Gasteiger partial charge in [0.25, 0.3) is 0 Å². The molecule has 0 radical (unpaired) electrons. The minimum atomic E-state index is -4.46. The number of aliphatic hydroxyl groups excluding tert-OH is 1. The fourth-order valence-electron chi connectivity index (χ4n) is 5.12. The van der Waals surface area contributed by atoms with Gasteiger partial charge in [-0.2, -0.15) is 5.09 Å². The molecule has 0 amide bonds. The molecule has 2 aromatic carbocycles. The highest BCUT2D eigenvalue weighted by molar-refractivity contribution is 7.52. The van der Waals surface area contributed by atoms with E-state index in [9.17, 15) is 14.5 Å². The van der Waals surface area contributed by atoms with Gasteiger partial charge in [-0.1, -0.05) is 36.4 Å². The number of hydrogen-bond donors (Lipinski definition) is 2. The zero-order chi connectivity index (χ0) is 33.4. The van der Waals surface area contributed by atoms with Crippen LogP contribution in [0.5, 0.6) is 5.75 Å². The van der Waals surface area contributed by atoms with E-state index >= 15 is 4.39 Å². The number of imidazole rings is 1. The first-order valence-corrected chi connectivity index (χ1v) is 16.7. The highest BCUT2D eigenvalue weighted by Crippen LogP contribution is 2.50. The third-order valence-electron chi connectivity index (χ3n) is 7.41. The van der Waals surface area contributed by atoms with Crippen LogP contribution in [-0.4, -0.2) is 87.2 Å². The zero-order valence-electron chi connectivity index (χ0n) is 26.3. The molecule has 1 fully saturated rings. The van der Waals surface area contributed by atoms with E-state index in [1.807, 2.05) is 18.2 Å². The van der Waals surface area contributed by atoms with Crippen LogP contribution in [0.4, 0.5) is 10.2 Å². The Bertz CT molecular complexity index is 1770. The molecule has 2 N–H and O–H groups in total. The summed E-state index contributed by atoms with van der Waals surface area (Å²) in [5.41, 5.74) is -1.21. The first-order chi connectivity index (χ1) is 21.8. The van der Waals surface area contributed by atoms with E-state index in [0.29, 0.717) is 22.5 Å². The second-order valence-electron chi connectivity index (χ2n) is 11.6. The maximum absolute atomic E-state index is 15.9. The molecular formula is C30H37ClFN6O7P. The Morgan fingerprint density at radius 3 is 2.63 bits per heavy atom. The van der Waals surface area contributed by atoms with Crippen LogP contribution in [0, 0.1) is 6.92 Å². The number of nitrogens with one attached hydrogen (secondary N) is 1. The summed E-state index contributed by atoms with van der Waals surface area (Å²) < 4.78 is 54.8. The second-order valence-corrected chi connectivity index (χ2v) is 13.5. The van der Waals surface area contributed by atoms with Crippen molar-refractivity contribution in [2.75, 3.05) is 31.5 Å². The number of hydrogen-bond acceptors (Lipinski definition) is 11. The van der Waals surface area contributed by atoms with Gasteiger partial charge in [-0.25, -0.2) is 23.9 Å². The summed E-state index contributed by atoms with van der Waals surface area (Å²) in [6, 6.07) is 11.3. The average Bonchev–Trinajstić information content (AvgIpc) is 3.53. The smallest absolute Gasteiger partial charge is 0.459 e. The number of esters is 1. The number of carbonyl (C=O) groups excluding carboxylic acids is 1. The Kier molecular flexibility index (Phi) is 9.88. The number of aromatic nitrogens is 4. The average molecular weight is 679 g/mol. The summed E-state index contributed by atoms with van der Waals surface area (Å²) in [4.78, 5) is 27.6. The number of carbonyl (C=O) groups is 1. The molecule has 0 bridgehead atoms. The van der Waals surface area contributed by atoms with Gasteiger partial charge in [0.1, 0.15) is 29.3 Å². The fourth-order valence-corrected chi connectivity index (χ4v) is 6.98. The van der Waals surface area contributed by atoms with Crippen LogP contribution in [0.3, 0.4) is 0 Å². The third-order valence-corrected chi connectivity index (χ3v) is 9.47. The minimum absolute atomic E-state index is 0.198. The van der Waals surface area contributed by atoms with E-state index < -0.39 is 62.5 Å². The standard InChI is InChI=1S/C30H37ClFN6O7P/c1-17(2)43-29(40)18(3)36-46(41,45-22-13-9-11-20-10-7-8-12-21(20)22)42-15-30(14-31)25(39)23(32)28(44-30)38-16-33-24-26(37(5)6)34-19(4)35-27(24)38/h7-13,16-18,23,25,28,39H,14-15H2,1-6H3,(H,36,41)/t18-,23+,25-,28+,30+,46-/m0/s1. The van der Waals surface area contributed by atoms with Crippen molar-refractivity contribution in [2.24, 2.45) is 0 Å². The normalized spacial score (nSPS) is 23.5. The van der Waals surface area contributed by atoms with Crippen molar-refractivity contribution in [1.82, 2.24) is 24.6 Å². The maximum atomic E-state index is 15.9. The molecule has 1 aliphatic heterocycles. The molecular weight excluding hydrogens is 642 g/mol. The lowest BCUT2D eigenvalue weighted by Crippen LogP contribution is -2.48. The summed E-state index contributed by atoms with van der Waals surface area (Å²) in [5.74, 6) is -0.0151. The van der Waals surface area contributed by atoms with Gasteiger partial charge in [0, 0.05) is 19.5 Å². The molecule has 13 nitrogen and oxygen atoms in total. The molecule has 4 aromatic rings. The number of aryl methyl sites for hydroxylation is 1. The Labute approximate surface area is 270 Å². The van der Waals surface area contributed by atoms with Gasteiger partial charge in [-0.3, -0.25) is 13.9 Å². The lowest BCUT2D eigenvalue weighted by molar-refractivity contribution is -0.149. The molecule has 6 atom stereocenters. The molecule has 1 saturated heterocycles. The van der Waals surface area contributed by atoms with Gasteiger partial charge >= 0.3 is 13.7 Å². The SMILES string of the molecule is Cc1nc(N(C)C)c2ncn([C@@H]3O[C@](CCl)(CO[P@@](=O)(N[C@@H](C)C(=O)OC(C)C)Oc4cccc5ccccc45)[C@@H](O)[C@H]3F)c2n1. The summed E-state index contributed by atoms with van der Waals surface area (Å²) >= 11 is 6.33. The first kappa shape index (κ1) is 34.0. The monoisotopic (exact) mass is 678 g/mol. The van der Waals surface area contributed by atoms with E-state index in [-0.39, 0.29) is 11.4 Å². The number of benzene rings is 2. The number of fused-ring (bicyclic) bond motifs is 2. The molecule has 1 aliphatic rings. The van der Waals surface area contributed by atoms with Crippen molar-refractivity contribution in [3.8, 4) is 5.75 Å². The van der Waals surface area contributed by atoms with Crippen molar-refractivity contribution in [1.29, 1.82) is 0 Å². The molecule has 2 aromatic heterocycles. The molecule has 0 aliphatic carbocycles. The van der Waals surface area contributed by atoms with Crippen molar-refractivity contribution in [3.63, 3.8) is 0 Å². The Hall–Kier alpha value is -3.39. The summed E-state index contributed by atoms with van der Waals surface area (Å²) in [6.07, 6.45) is -4.34. The summed E-state index contributed by atoms with van der Waals surface area (Å²) in [6.45, 7) is 5.81. The van der Waals surface area contributed by atoms with Gasteiger partial charge in [0.15, 0.2) is 29.4 Å². The van der Waals surface area contributed by atoms with Crippen molar-refractivity contribution in [2.45, 2.75) is 63.9 Å². The van der Waals surface area contributed by atoms with E-state index in [1.165, 1.54) is 17.8 Å². The van der Waals surface area contributed by atoms with Crippen LogP contribution in [0.1, 0.15) is 32.8 Å². The number of ether oxygens (including phenoxy) is 2. The lowest BCUT2D eigenvalue weighted by Gasteiger charge is -2.31. The number of halogens is 2. The van der Waals surface area contributed by atoms with Crippen molar-refractivity contribution < 1.29 is 37.4 Å². The Morgan fingerprint density at radius 1 is 1.22 bits per heavy atom. The second kappa shape index (κ2) is 13.4. The number of aliphatic hydroxyl groups is 1. The van der Waals surface area contributed by atoms with E-state index in [2.05, 4.69) is 20.0 Å². The van der Waals surface area contributed by atoms with Gasteiger partial charge in [0.05, 0.1) is 24.9 Å². The predicted molar refractivity (Wildman–Crippen MR) is 171 cm³/mol. The van der Waals surface area contributed by atoms with Gasteiger partial charge in [-0.05, 0) is 39.1 Å². The first-order valence-electron chi connectivity index (χ1n) is 14.6. The number of rotatable bonds is 12. The van der Waals surface area contributed by atoms with Crippen LogP contribution < -0.4 is 14.5 Å². The Balaban J connectivity index is 1.46. The lowest BCUT2D eigenvalue weighted by atomic mass is 9.99. The minimum Gasteiger partial charge on any atom is -0.462 e. The summed E-state index contributed by atoms with van der Waals surface area (Å²) in [7, 11) is -0.882. The maximum Gasteiger partial charge on any atom is 0.459 e. The van der Waals surface area contributed by atoms with Gasteiger partial charge < -0.3 is 24.0 Å². The largest absolute Gasteiger partial charge is 0.462 e. The number of anilines is 1. The van der Waals surface area contributed by atoms with Crippen LogP contribution in [0.15, 0.2) is 48.8 Å². The van der Waals surface area contributed by atoms with E-state index in [4.69, 9.17) is 30.1 Å². The topological polar surface area (TPSA) is 150 Å².